The molecule has 0 N–H and O–H groups in total. The molecule has 1 nitrogen and oxygen atoms in total. The number of benzene rings is 2. The molecule has 0 aliphatic carbocycles. The molecule has 2 rings (SSSR count). The van der Waals surface area contributed by atoms with E-state index in [-0.39, 0.29) is 0 Å². The summed E-state index contributed by atoms with van der Waals surface area (Å²) in [6, 6.07) is 19.1. The van der Waals surface area contributed by atoms with Gasteiger partial charge in [0, 0.05) is 5.88 Å². The largest absolute Gasteiger partial charge is 0.280 e. The summed E-state index contributed by atoms with van der Waals surface area (Å²) in [6.07, 6.45) is 0.477. The van der Waals surface area contributed by atoms with Gasteiger partial charge in [0.15, 0.2) is 0 Å². The van der Waals surface area contributed by atoms with E-state index in [2.05, 4.69) is 0 Å². The second kappa shape index (κ2) is 6.23. The SMILES string of the molecule is O=C(Cl)C(CCCl)(c1ccccc1)c1ccccc1. The van der Waals surface area contributed by atoms with Crippen molar-refractivity contribution in [1.82, 2.24) is 0 Å². The van der Waals surface area contributed by atoms with Gasteiger partial charge in [-0.1, -0.05) is 60.7 Å². The lowest BCUT2D eigenvalue weighted by atomic mass is 9.73. The molecule has 0 spiro atoms. The molecule has 0 unspecified atom stereocenters. The van der Waals surface area contributed by atoms with Crippen molar-refractivity contribution in [2.24, 2.45) is 0 Å². The Morgan fingerprint density at radius 1 is 0.895 bits per heavy atom. The fourth-order valence-corrected chi connectivity index (χ4v) is 2.96. The van der Waals surface area contributed by atoms with E-state index in [0.29, 0.717) is 12.3 Å². The summed E-state index contributed by atoms with van der Waals surface area (Å²) in [5.41, 5.74) is 0.884. The average molecular weight is 293 g/mol. The first kappa shape index (κ1) is 14.1. The van der Waals surface area contributed by atoms with Crippen LogP contribution in [0.25, 0.3) is 0 Å². The highest BCUT2D eigenvalue weighted by Crippen LogP contribution is 2.38. The lowest BCUT2D eigenvalue weighted by Crippen LogP contribution is -2.34. The normalized spacial score (nSPS) is 11.3. The molecule has 19 heavy (non-hydrogen) atoms. The molecule has 0 fully saturated rings. The van der Waals surface area contributed by atoms with Gasteiger partial charge < -0.3 is 0 Å². The van der Waals surface area contributed by atoms with Crippen molar-refractivity contribution in [3.63, 3.8) is 0 Å². The Balaban J connectivity index is 2.65. The zero-order valence-electron chi connectivity index (χ0n) is 10.4. The molecule has 0 saturated heterocycles. The summed E-state index contributed by atoms with van der Waals surface area (Å²) in [5.74, 6) is 0.363. The summed E-state index contributed by atoms with van der Waals surface area (Å²) in [5, 5.41) is -0.398. The van der Waals surface area contributed by atoms with E-state index in [4.69, 9.17) is 23.2 Å². The standard InChI is InChI=1S/C16H14Cl2O/c17-12-11-16(15(18)19,13-7-3-1-4-8-13)14-9-5-2-6-10-14/h1-10H,11-12H2. The minimum absolute atomic E-state index is 0.363. The van der Waals surface area contributed by atoms with E-state index in [0.717, 1.165) is 11.1 Å². The van der Waals surface area contributed by atoms with Crippen molar-refractivity contribution >= 4 is 28.4 Å². The Morgan fingerprint density at radius 3 is 1.63 bits per heavy atom. The Kier molecular flexibility index (Phi) is 4.62. The van der Waals surface area contributed by atoms with Crippen LogP contribution in [0.4, 0.5) is 0 Å². The Bertz CT molecular complexity index is 498. The topological polar surface area (TPSA) is 17.1 Å². The molecule has 0 heterocycles. The average Bonchev–Trinajstić information content (AvgIpc) is 2.46. The van der Waals surface area contributed by atoms with E-state index in [1.807, 2.05) is 60.7 Å². The fourth-order valence-electron chi connectivity index (χ4n) is 2.37. The van der Waals surface area contributed by atoms with Gasteiger partial charge in [-0.15, -0.1) is 11.6 Å². The van der Waals surface area contributed by atoms with Crippen molar-refractivity contribution in [2.75, 3.05) is 5.88 Å². The van der Waals surface area contributed by atoms with Crippen LogP contribution in [0.3, 0.4) is 0 Å². The lowest BCUT2D eigenvalue weighted by Gasteiger charge is -2.30. The zero-order valence-corrected chi connectivity index (χ0v) is 11.9. The van der Waals surface area contributed by atoms with Crippen LogP contribution in [-0.4, -0.2) is 11.1 Å². The molecule has 0 aliphatic rings. The number of hydrogen-bond acceptors (Lipinski definition) is 1. The van der Waals surface area contributed by atoms with Crippen LogP contribution in [0, 0.1) is 0 Å². The molecule has 0 aliphatic heterocycles. The smallest absolute Gasteiger partial charge is 0.236 e. The first-order valence-corrected chi connectivity index (χ1v) is 7.00. The molecule has 98 valence electrons. The van der Waals surface area contributed by atoms with Gasteiger partial charge in [0.1, 0.15) is 0 Å². The molecule has 0 aromatic heterocycles. The molecule has 0 bridgehead atoms. The van der Waals surface area contributed by atoms with E-state index >= 15 is 0 Å². The summed E-state index contributed by atoms with van der Waals surface area (Å²) >= 11 is 11.9. The molecule has 0 saturated carbocycles. The fraction of sp³-hybridized carbons (Fsp3) is 0.188. The second-order valence-corrected chi connectivity index (χ2v) is 5.07. The van der Waals surface area contributed by atoms with Crippen LogP contribution in [0.5, 0.6) is 0 Å². The number of carbonyl (C=O) groups is 1. The van der Waals surface area contributed by atoms with Crippen LogP contribution in [0.2, 0.25) is 0 Å². The highest BCUT2D eigenvalue weighted by Gasteiger charge is 2.40. The summed E-state index contributed by atoms with van der Waals surface area (Å²) < 4.78 is 0. The van der Waals surface area contributed by atoms with Crippen LogP contribution < -0.4 is 0 Å². The molecular weight excluding hydrogens is 279 g/mol. The lowest BCUT2D eigenvalue weighted by molar-refractivity contribution is -0.115. The van der Waals surface area contributed by atoms with Gasteiger partial charge in [-0.25, -0.2) is 0 Å². The van der Waals surface area contributed by atoms with Crippen LogP contribution in [0.15, 0.2) is 60.7 Å². The summed E-state index contributed by atoms with van der Waals surface area (Å²) in [6.45, 7) is 0. The monoisotopic (exact) mass is 292 g/mol. The quantitative estimate of drug-likeness (QED) is 0.591. The van der Waals surface area contributed by atoms with Crippen molar-refractivity contribution in [3.8, 4) is 0 Å². The van der Waals surface area contributed by atoms with Gasteiger partial charge in [-0.05, 0) is 29.1 Å². The minimum Gasteiger partial charge on any atom is -0.280 e. The molecule has 0 radical (unpaired) electrons. The maximum Gasteiger partial charge on any atom is 0.236 e. The third-order valence-electron chi connectivity index (χ3n) is 3.34. The van der Waals surface area contributed by atoms with E-state index in [9.17, 15) is 4.79 Å². The first-order valence-electron chi connectivity index (χ1n) is 6.09. The molecular formula is C16H14Cl2O. The highest BCUT2D eigenvalue weighted by atomic mass is 35.5. The first-order chi connectivity index (χ1) is 9.21. The number of alkyl halides is 1. The maximum atomic E-state index is 12.2. The number of hydrogen-bond donors (Lipinski definition) is 0. The van der Waals surface area contributed by atoms with Gasteiger partial charge in [0.05, 0.1) is 5.41 Å². The van der Waals surface area contributed by atoms with Crippen molar-refractivity contribution < 1.29 is 4.79 Å². The van der Waals surface area contributed by atoms with E-state index in [1.165, 1.54) is 0 Å². The maximum absolute atomic E-state index is 12.2. The van der Waals surface area contributed by atoms with Gasteiger partial charge in [0.25, 0.3) is 0 Å². The van der Waals surface area contributed by atoms with Crippen LogP contribution in [0.1, 0.15) is 17.5 Å². The van der Waals surface area contributed by atoms with Gasteiger partial charge >= 0.3 is 0 Å². The number of halogens is 2. The summed E-state index contributed by atoms with van der Waals surface area (Å²) in [4.78, 5) is 12.2. The van der Waals surface area contributed by atoms with Crippen molar-refractivity contribution in [1.29, 1.82) is 0 Å². The zero-order chi connectivity index (χ0) is 13.7. The molecule has 3 heteroatoms. The predicted octanol–water partition coefficient (Wildman–Crippen LogP) is 4.37. The van der Waals surface area contributed by atoms with Crippen LogP contribution >= 0.6 is 23.2 Å². The van der Waals surface area contributed by atoms with Crippen molar-refractivity contribution in [3.05, 3.63) is 71.8 Å². The Morgan fingerprint density at radius 2 is 1.32 bits per heavy atom. The van der Waals surface area contributed by atoms with Crippen molar-refractivity contribution in [2.45, 2.75) is 11.8 Å². The van der Waals surface area contributed by atoms with E-state index < -0.39 is 10.7 Å². The molecule has 2 aromatic carbocycles. The highest BCUT2D eigenvalue weighted by molar-refractivity contribution is 6.66. The number of carbonyl (C=O) groups excluding carboxylic acids is 1. The molecule has 0 atom stereocenters. The predicted molar refractivity (Wildman–Crippen MR) is 79.9 cm³/mol. The van der Waals surface area contributed by atoms with Gasteiger partial charge in [0.2, 0.25) is 5.24 Å². The third kappa shape index (κ3) is 2.68. The van der Waals surface area contributed by atoms with Crippen LogP contribution in [-0.2, 0) is 10.2 Å². The Hall–Kier alpha value is -1.31. The summed E-state index contributed by atoms with van der Waals surface area (Å²) in [7, 11) is 0. The van der Waals surface area contributed by atoms with E-state index in [1.54, 1.807) is 0 Å². The second-order valence-electron chi connectivity index (χ2n) is 4.35. The minimum atomic E-state index is -0.869. The molecule has 0 amide bonds. The molecule has 2 aromatic rings. The van der Waals surface area contributed by atoms with Gasteiger partial charge in [-0.3, -0.25) is 4.79 Å². The number of rotatable bonds is 5. The Labute approximate surface area is 123 Å². The van der Waals surface area contributed by atoms with Gasteiger partial charge in [-0.2, -0.15) is 0 Å². The third-order valence-corrected chi connectivity index (χ3v) is 3.85.